The lowest BCUT2D eigenvalue weighted by Crippen LogP contribution is -2.23. The number of nitrogens with zero attached hydrogens (tertiary/aromatic N) is 2. The minimum atomic E-state index is -0.0712. The maximum absolute atomic E-state index is 4.80. The number of aromatic nitrogens is 2. The third kappa shape index (κ3) is 2.39. The Balaban J connectivity index is 1.73. The Morgan fingerprint density at radius 3 is 2.28 bits per heavy atom. The number of hydrogen-bond acceptors (Lipinski definition) is 1. The molecule has 170 valence electrons. The summed E-state index contributed by atoms with van der Waals surface area (Å²) >= 11 is 0. The number of rotatable bonds is 1. The highest BCUT2D eigenvalue weighted by molar-refractivity contribution is 6.30. The summed E-state index contributed by atoms with van der Waals surface area (Å²) in [7, 11) is 0. The maximum Gasteiger partial charge on any atom is 0.137 e. The van der Waals surface area contributed by atoms with E-state index in [4.69, 9.17) is 4.98 Å². The van der Waals surface area contributed by atoms with E-state index in [-0.39, 0.29) is 5.41 Å². The lowest BCUT2D eigenvalue weighted by atomic mass is 9.68. The van der Waals surface area contributed by atoms with Crippen LogP contribution in [-0.2, 0) is 5.41 Å². The van der Waals surface area contributed by atoms with E-state index < -0.39 is 0 Å². The van der Waals surface area contributed by atoms with Crippen LogP contribution in [0.5, 0.6) is 0 Å². The summed E-state index contributed by atoms with van der Waals surface area (Å²) in [5, 5.41) is 7.81. The molecule has 0 radical (unpaired) electrons. The van der Waals surface area contributed by atoms with Crippen molar-refractivity contribution in [1.82, 2.24) is 9.55 Å². The fourth-order valence-corrected chi connectivity index (χ4v) is 6.62. The molecule has 0 unspecified atom stereocenters. The van der Waals surface area contributed by atoms with Gasteiger partial charge in [0, 0.05) is 27.9 Å². The first-order valence-electron chi connectivity index (χ1n) is 12.6. The van der Waals surface area contributed by atoms with Crippen molar-refractivity contribution in [3.63, 3.8) is 0 Å². The van der Waals surface area contributed by atoms with Crippen LogP contribution in [0.25, 0.3) is 60.3 Å². The summed E-state index contributed by atoms with van der Waals surface area (Å²) in [5.41, 5.74) is 7.80. The molecule has 2 heteroatoms. The summed E-state index contributed by atoms with van der Waals surface area (Å²) in [6.45, 7) is 4.72. The quantitative estimate of drug-likeness (QED) is 0.239. The lowest BCUT2D eigenvalue weighted by Gasteiger charge is -2.35. The van der Waals surface area contributed by atoms with Gasteiger partial charge in [-0.1, -0.05) is 92.7 Å². The molecule has 2 nitrogen and oxygen atoms in total. The Labute approximate surface area is 209 Å². The van der Waals surface area contributed by atoms with Gasteiger partial charge in [-0.2, -0.15) is 0 Å². The molecular formula is C34H24N2. The number of fused-ring (bicyclic) bond motifs is 8. The highest BCUT2D eigenvalue weighted by Gasteiger charge is 2.35. The lowest BCUT2D eigenvalue weighted by molar-refractivity contribution is 0.645. The summed E-state index contributed by atoms with van der Waals surface area (Å²) in [4.78, 5) is 4.80. The van der Waals surface area contributed by atoms with Crippen molar-refractivity contribution in [3.8, 4) is 16.9 Å². The highest BCUT2D eigenvalue weighted by Crippen LogP contribution is 2.53. The van der Waals surface area contributed by atoms with Gasteiger partial charge in [-0.25, -0.2) is 4.98 Å². The van der Waals surface area contributed by atoms with Crippen molar-refractivity contribution in [2.75, 3.05) is 0 Å². The molecule has 0 saturated heterocycles. The summed E-state index contributed by atoms with van der Waals surface area (Å²) in [5.74, 6) is 0.944. The van der Waals surface area contributed by atoms with Crippen molar-refractivity contribution >= 4 is 43.4 Å². The van der Waals surface area contributed by atoms with E-state index in [1.165, 1.54) is 65.6 Å². The Bertz CT molecular complexity index is 2010. The third-order valence-corrected chi connectivity index (χ3v) is 8.21. The molecule has 0 bridgehead atoms. The largest absolute Gasteiger partial charge is 0.294 e. The van der Waals surface area contributed by atoms with Gasteiger partial charge in [0.05, 0.1) is 11.0 Å². The second kappa shape index (κ2) is 6.83. The van der Waals surface area contributed by atoms with Crippen molar-refractivity contribution < 1.29 is 0 Å². The van der Waals surface area contributed by atoms with E-state index in [2.05, 4.69) is 115 Å². The van der Waals surface area contributed by atoms with Crippen molar-refractivity contribution in [2.24, 2.45) is 0 Å². The molecule has 0 atom stereocenters. The van der Waals surface area contributed by atoms with Crippen molar-refractivity contribution in [2.45, 2.75) is 19.3 Å². The molecule has 0 spiro atoms. The first-order chi connectivity index (χ1) is 17.6. The molecule has 36 heavy (non-hydrogen) atoms. The predicted octanol–water partition coefficient (Wildman–Crippen LogP) is 8.79. The minimum absolute atomic E-state index is 0.0712. The zero-order valence-electron chi connectivity index (χ0n) is 20.3. The summed E-state index contributed by atoms with van der Waals surface area (Å²) in [6.07, 6.45) is 1.88. The molecular weight excluding hydrogens is 436 g/mol. The number of pyridine rings is 1. The third-order valence-electron chi connectivity index (χ3n) is 8.21. The van der Waals surface area contributed by atoms with Gasteiger partial charge >= 0.3 is 0 Å². The van der Waals surface area contributed by atoms with Crippen LogP contribution in [0.1, 0.15) is 25.0 Å². The van der Waals surface area contributed by atoms with Gasteiger partial charge in [0.1, 0.15) is 5.82 Å². The minimum Gasteiger partial charge on any atom is -0.294 e. The van der Waals surface area contributed by atoms with Gasteiger partial charge in [-0.05, 0) is 62.5 Å². The molecule has 8 rings (SSSR count). The Hall–Kier alpha value is -4.43. The van der Waals surface area contributed by atoms with E-state index in [0.29, 0.717) is 0 Å². The molecule has 0 N–H and O–H groups in total. The van der Waals surface area contributed by atoms with E-state index in [9.17, 15) is 0 Å². The summed E-state index contributed by atoms with van der Waals surface area (Å²) < 4.78 is 2.35. The van der Waals surface area contributed by atoms with Gasteiger partial charge in [0.25, 0.3) is 0 Å². The van der Waals surface area contributed by atoms with Gasteiger partial charge < -0.3 is 0 Å². The van der Waals surface area contributed by atoms with Crippen LogP contribution < -0.4 is 0 Å². The van der Waals surface area contributed by atoms with Crippen LogP contribution in [0.4, 0.5) is 0 Å². The average molecular weight is 461 g/mol. The standard InChI is InChI=1S/C34H24N2/c1-34(2)25-14-6-5-13-24(25)32-30-22(11-9-15-26(30)34)20-28-33(32)31-23-12-4-3-10-21(23)17-18-27(31)36(28)29-16-7-8-19-35-29/h3-20H,1-2H3. The SMILES string of the molecule is CC1(C)c2ccccc2-c2c3c1cccc3cc1c2c2c3ccccc3ccc2n1-c1ccccn1. The molecule has 1 aliphatic rings. The fraction of sp³-hybridized carbons (Fsp3) is 0.0882. The fourth-order valence-electron chi connectivity index (χ4n) is 6.62. The van der Waals surface area contributed by atoms with Gasteiger partial charge in [0.2, 0.25) is 0 Å². The van der Waals surface area contributed by atoms with Crippen LogP contribution in [0.15, 0.2) is 109 Å². The molecule has 1 aliphatic carbocycles. The predicted molar refractivity (Wildman–Crippen MR) is 151 cm³/mol. The van der Waals surface area contributed by atoms with E-state index in [0.717, 1.165) is 5.82 Å². The first-order valence-corrected chi connectivity index (χ1v) is 12.6. The van der Waals surface area contributed by atoms with E-state index in [1.54, 1.807) is 0 Å². The van der Waals surface area contributed by atoms with Gasteiger partial charge in [0.15, 0.2) is 0 Å². The zero-order valence-corrected chi connectivity index (χ0v) is 20.3. The monoisotopic (exact) mass is 460 g/mol. The second-order valence-electron chi connectivity index (χ2n) is 10.4. The molecule has 7 aromatic rings. The molecule has 2 aromatic heterocycles. The molecule has 2 heterocycles. The van der Waals surface area contributed by atoms with Crippen molar-refractivity contribution in [3.05, 3.63) is 120 Å². The molecule has 0 fully saturated rings. The first kappa shape index (κ1) is 19.8. The van der Waals surface area contributed by atoms with Gasteiger partial charge in [-0.15, -0.1) is 0 Å². The normalized spacial score (nSPS) is 14.1. The van der Waals surface area contributed by atoms with E-state index in [1.807, 2.05) is 12.3 Å². The topological polar surface area (TPSA) is 17.8 Å². The van der Waals surface area contributed by atoms with Crippen LogP contribution in [-0.4, -0.2) is 9.55 Å². The van der Waals surface area contributed by atoms with Crippen LogP contribution in [0, 0.1) is 0 Å². The zero-order chi connectivity index (χ0) is 24.0. The Morgan fingerprint density at radius 2 is 1.39 bits per heavy atom. The van der Waals surface area contributed by atoms with Gasteiger partial charge in [-0.3, -0.25) is 4.57 Å². The van der Waals surface area contributed by atoms with Crippen LogP contribution >= 0.6 is 0 Å². The Kier molecular flexibility index (Phi) is 3.76. The highest BCUT2D eigenvalue weighted by atomic mass is 15.1. The molecule has 5 aromatic carbocycles. The van der Waals surface area contributed by atoms with Crippen molar-refractivity contribution in [1.29, 1.82) is 0 Å². The summed E-state index contributed by atoms with van der Waals surface area (Å²) in [6, 6.07) is 37.6. The van der Waals surface area contributed by atoms with E-state index >= 15 is 0 Å². The van der Waals surface area contributed by atoms with Crippen LogP contribution in [0.2, 0.25) is 0 Å². The Morgan fingerprint density at radius 1 is 0.611 bits per heavy atom. The smallest absolute Gasteiger partial charge is 0.137 e. The average Bonchev–Trinajstić information content (AvgIpc) is 3.25. The second-order valence-corrected chi connectivity index (χ2v) is 10.4. The van der Waals surface area contributed by atoms with Crippen LogP contribution in [0.3, 0.4) is 0 Å². The number of benzene rings is 5. The molecule has 0 aliphatic heterocycles. The molecule has 0 saturated carbocycles. The number of hydrogen-bond donors (Lipinski definition) is 0. The maximum atomic E-state index is 4.80. The molecule has 0 amide bonds.